The van der Waals surface area contributed by atoms with Crippen LogP contribution in [0.15, 0.2) is 82.3 Å². The van der Waals surface area contributed by atoms with E-state index < -0.39 is 17.8 Å². The smallest absolute Gasteiger partial charge is 0.291 e. The fourth-order valence-corrected chi connectivity index (χ4v) is 3.84. The second-order valence-electron chi connectivity index (χ2n) is 6.88. The van der Waals surface area contributed by atoms with Crippen molar-refractivity contribution in [1.29, 1.82) is 0 Å². The van der Waals surface area contributed by atoms with Crippen LogP contribution >= 0.6 is 0 Å². The number of amides is 1. The number of halogens is 1. The second kappa shape index (κ2) is 6.67. The molecule has 0 bridgehead atoms. The van der Waals surface area contributed by atoms with Crippen molar-refractivity contribution in [2.75, 3.05) is 0 Å². The highest BCUT2D eigenvalue weighted by molar-refractivity contribution is 5.99. The number of hydrogen-bond acceptors (Lipinski definition) is 4. The Labute approximate surface area is 165 Å². The highest BCUT2D eigenvalue weighted by Crippen LogP contribution is 2.39. The van der Waals surface area contributed by atoms with Gasteiger partial charge in [-0.3, -0.25) is 14.6 Å². The van der Waals surface area contributed by atoms with Crippen LogP contribution in [0.25, 0.3) is 11.0 Å². The zero-order chi connectivity index (χ0) is 20.0. The quantitative estimate of drug-likeness (QED) is 0.532. The number of nitrogens with zero attached hydrogens (tertiary/aromatic N) is 2. The Kier molecular flexibility index (Phi) is 3.98. The lowest BCUT2D eigenvalue weighted by Gasteiger charge is -2.25. The van der Waals surface area contributed by atoms with Crippen LogP contribution in [-0.2, 0) is 6.54 Å². The Morgan fingerprint density at radius 2 is 1.69 bits per heavy atom. The van der Waals surface area contributed by atoms with Crippen LogP contribution < -0.4 is 5.43 Å². The summed E-state index contributed by atoms with van der Waals surface area (Å²) in [5.41, 5.74) is 1.27. The molecule has 0 aliphatic carbocycles. The molecular weight excluding hydrogens is 371 g/mol. The van der Waals surface area contributed by atoms with Crippen LogP contribution in [0.4, 0.5) is 4.39 Å². The molecule has 1 amide bonds. The summed E-state index contributed by atoms with van der Waals surface area (Å²) in [5.74, 6) is -0.950. The van der Waals surface area contributed by atoms with Gasteiger partial charge in [0.25, 0.3) is 5.91 Å². The number of hydrogen-bond donors (Lipinski definition) is 0. The molecule has 0 N–H and O–H groups in total. The fourth-order valence-electron chi connectivity index (χ4n) is 3.84. The lowest BCUT2D eigenvalue weighted by molar-refractivity contribution is 0.0712. The molecule has 4 aromatic rings. The van der Waals surface area contributed by atoms with Crippen molar-refractivity contribution in [2.45, 2.75) is 12.6 Å². The van der Waals surface area contributed by atoms with E-state index in [-0.39, 0.29) is 28.9 Å². The molecule has 0 saturated heterocycles. The van der Waals surface area contributed by atoms with Crippen LogP contribution in [0.1, 0.15) is 33.3 Å². The molecule has 29 heavy (non-hydrogen) atoms. The van der Waals surface area contributed by atoms with E-state index >= 15 is 0 Å². The number of pyridine rings is 1. The molecule has 0 radical (unpaired) electrons. The van der Waals surface area contributed by atoms with Crippen molar-refractivity contribution in [2.24, 2.45) is 0 Å². The first-order chi connectivity index (χ1) is 14.1. The highest BCUT2D eigenvalue weighted by Gasteiger charge is 2.43. The van der Waals surface area contributed by atoms with Gasteiger partial charge in [0.15, 0.2) is 5.43 Å². The molecule has 2 aromatic carbocycles. The topological polar surface area (TPSA) is 63.4 Å². The molecule has 0 spiro atoms. The third-order valence-corrected chi connectivity index (χ3v) is 5.18. The molecule has 1 aliphatic rings. The van der Waals surface area contributed by atoms with Gasteiger partial charge in [-0.25, -0.2) is 4.39 Å². The van der Waals surface area contributed by atoms with E-state index in [4.69, 9.17) is 4.42 Å². The highest BCUT2D eigenvalue weighted by atomic mass is 19.1. The molecule has 0 fully saturated rings. The van der Waals surface area contributed by atoms with Crippen molar-refractivity contribution in [3.8, 4) is 0 Å². The minimum atomic E-state index is -0.868. The number of aromatic nitrogens is 1. The Balaban J connectivity index is 1.76. The number of carbonyl (C=O) groups excluding carboxylic acids is 1. The third-order valence-electron chi connectivity index (χ3n) is 5.18. The Morgan fingerprint density at radius 3 is 2.48 bits per heavy atom. The molecule has 1 atom stereocenters. The van der Waals surface area contributed by atoms with Gasteiger partial charge in [0, 0.05) is 24.5 Å². The van der Waals surface area contributed by atoms with Crippen molar-refractivity contribution in [3.63, 3.8) is 0 Å². The lowest BCUT2D eigenvalue weighted by Crippen LogP contribution is -2.29. The van der Waals surface area contributed by atoms with Crippen LogP contribution in [-0.4, -0.2) is 15.8 Å². The van der Waals surface area contributed by atoms with E-state index in [2.05, 4.69) is 4.98 Å². The normalized spacial score (nSPS) is 15.7. The molecule has 6 heteroatoms. The minimum absolute atomic E-state index is 0.0315. The van der Waals surface area contributed by atoms with Crippen molar-refractivity contribution < 1.29 is 13.6 Å². The first-order valence-corrected chi connectivity index (χ1v) is 9.15. The van der Waals surface area contributed by atoms with Gasteiger partial charge in [0.05, 0.1) is 17.0 Å². The number of carbonyl (C=O) groups is 1. The number of rotatable bonds is 3. The maximum Gasteiger partial charge on any atom is 0.291 e. The SMILES string of the molecule is O=C1c2oc3ccccc3c(=O)c2[C@H](c2ccccc2F)N1Cc1ccncc1. The Bertz CT molecular complexity index is 1300. The maximum atomic E-state index is 14.7. The van der Waals surface area contributed by atoms with E-state index in [1.165, 1.54) is 11.0 Å². The van der Waals surface area contributed by atoms with Crippen LogP contribution in [0.3, 0.4) is 0 Å². The predicted molar refractivity (Wildman–Crippen MR) is 105 cm³/mol. The standard InChI is InChI=1S/C23H15FN2O3/c24-17-7-3-1-5-15(17)20-19-21(27)16-6-2-4-8-18(16)29-22(19)23(28)26(20)13-14-9-11-25-12-10-14/h1-12,20H,13H2/t20-/m0/s1. The van der Waals surface area contributed by atoms with Crippen LogP contribution in [0.5, 0.6) is 0 Å². The molecule has 5 rings (SSSR count). The molecule has 3 heterocycles. The van der Waals surface area contributed by atoms with E-state index in [0.717, 1.165) is 5.56 Å². The molecule has 1 aliphatic heterocycles. The maximum absolute atomic E-state index is 14.7. The van der Waals surface area contributed by atoms with E-state index in [0.29, 0.717) is 11.0 Å². The summed E-state index contributed by atoms with van der Waals surface area (Å²) >= 11 is 0. The first-order valence-electron chi connectivity index (χ1n) is 9.15. The first kappa shape index (κ1) is 17.3. The number of fused-ring (bicyclic) bond motifs is 2. The van der Waals surface area contributed by atoms with Crippen LogP contribution in [0, 0.1) is 5.82 Å². The largest absolute Gasteiger partial charge is 0.450 e. The summed E-state index contributed by atoms with van der Waals surface area (Å²) < 4.78 is 20.6. The zero-order valence-corrected chi connectivity index (χ0v) is 15.2. The van der Waals surface area contributed by atoms with E-state index in [9.17, 15) is 14.0 Å². The molecule has 5 nitrogen and oxygen atoms in total. The average Bonchev–Trinajstić information content (AvgIpc) is 3.01. The van der Waals surface area contributed by atoms with Gasteiger partial charge in [0.1, 0.15) is 11.4 Å². The van der Waals surface area contributed by atoms with E-state index in [1.54, 1.807) is 67.0 Å². The fraction of sp³-hybridized carbons (Fsp3) is 0.0870. The summed E-state index contributed by atoms with van der Waals surface area (Å²) in [6.07, 6.45) is 3.25. The molecule has 0 saturated carbocycles. The summed E-state index contributed by atoms with van der Waals surface area (Å²) in [6.45, 7) is 0.195. The molecule has 0 unspecified atom stereocenters. The third kappa shape index (κ3) is 2.72. The summed E-state index contributed by atoms with van der Waals surface area (Å²) in [5, 5.41) is 0.367. The van der Waals surface area contributed by atoms with Gasteiger partial charge in [0.2, 0.25) is 5.76 Å². The van der Waals surface area contributed by atoms with E-state index in [1.807, 2.05) is 0 Å². The average molecular weight is 386 g/mol. The van der Waals surface area contributed by atoms with Gasteiger partial charge < -0.3 is 9.32 Å². The van der Waals surface area contributed by atoms with Gasteiger partial charge in [-0.15, -0.1) is 0 Å². The zero-order valence-electron chi connectivity index (χ0n) is 15.2. The number of benzene rings is 2. The molecule has 2 aromatic heterocycles. The monoisotopic (exact) mass is 386 g/mol. The minimum Gasteiger partial charge on any atom is -0.450 e. The summed E-state index contributed by atoms with van der Waals surface area (Å²) in [4.78, 5) is 32.0. The van der Waals surface area contributed by atoms with Crippen molar-refractivity contribution in [3.05, 3.63) is 112 Å². The Morgan fingerprint density at radius 1 is 0.966 bits per heavy atom. The van der Waals surface area contributed by atoms with Gasteiger partial charge in [-0.2, -0.15) is 0 Å². The molecular formula is C23H15FN2O3. The second-order valence-corrected chi connectivity index (χ2v) is 6.88. The van der Waals surface area contributed by atoms with Crippen LogP contribution in [0.2, 0.25) is 0 Å². The van der Waals surface area contributed by atoms with Gasteiger partial charge in [-0.05, 0) is 35.9 Å². The summed E-state index contributed by atoms with van der Waals surface area (Å²) in [6, 6.07) is 15.6. The summed E-state index contributed by atoms with van der Waals surface area (Å²) in [7, 11) is 0. The number of para-hydroxylation sites is 1. The van der Waals surface area contributed by atoms with Crippen molar-refractivity contribution in [1.82, 2.24) is 9.88 Å². The Hall–Kier alpha value is -3.80. The lowest BCUT2D eigenvalue weighted by atomic mass is 9.98. The van der Waals surface area contributed by atoms with Gasteiger partial charge >= 0.3 is 0 Å². The predicted octanol–water partition coefficient (Wildman–Crippen LogP) is 4.07. The van der Waals surface area contributed by atoms with Gasteiger partial charge in [-0.1, -0.05) is 30.3 Å². The molecule has 142 valence electrons. The van der Waals surface area contributed by atoms with Crippen molar-refractivity contribution >= 4 is 16.9 Å².